The number of methoxy groups -OCH3 is 1. The van der Waals surface area contributed by atoms with E-state index in [9.17, 15) is 25.1 Å². The van der Waals surface area contributed by atoms with Gasteiger partial charge >= 0.3 is 11.9 Å². The van der Waals surface area contributed by atoms with Crippen molar-refractivity contribution < 1.29 is 49.0 Å². The van der Waals surface area contributed by atoms with Crippen LogP contribution in [0, 0.1) is 11.3 Å². The number of ether oxygens (including phenoxy) is 4. The number of halogens is 1. The van der Waals surface area contributed by atoms with E-state index in [1.54, 1.807) is 18.3 Å². The Morgan fingerprint density at radius 2 is 1.43 bits per heavy atom. The number of pyridine rings is 3. The molecule has 0 aliphatic heterocycles. The van der Waals surface area contributed by atoms with E-state index in [0.29, 0.717) is 50.9 Å². The first-order valence-electron chi connectivity index (χ1n) is 20.5. The molecule has 0 fully saturated rings. The molecule has 5 aromatic rings. The molecule has 0 saturated carbocycles. The van der Waals surface area contributed by atoms with Gasteiger partial charge in [-0.25, -0.2) is 0 Å². The molecule has 0 spiro atoms. The van der Waals surface area contributed by atoms with Gasteiger partial charge in [0.05, 0.1) is 42.2 Å². The van der Waals surface area contributed by atoms with E-state index >= 15 is 0 Å². The number of aromatic nitrogens is 3. The third-order valence-electron chi connectivity index (χ3n) is 10.8. The molecule has 63 heavy (non-hydrogen) atoms. The summed E-state index contributed by atoms with van der Waals surface area (Å²) in [5, 5.41) is 53.4. The zero-order chi connectivity index (χ0) is 44.5. The van der Waals surface area contributed by atoms with Crippen LogP contribution in [0.4, 0.5) is 0 Å². The Kier molecular flexibility index (Phi) is 14.8. The molecule has 0 radical (unpaired) electrons. The number of aliphatic hydroxyl groups excluding tert-OH is 2. The van der Waals surface area contributed by atoms with Crippen LogP contribution < -0.4 is 29.6 Å². The smallest absolute Gasteiger partial charge is 0.306 e. The van der Waals surface area contributed by atoms with E-state index in [1.807, 2.05) is 18.2 Å². The Morgan fingerprint density at radius 1 is 0.810 bits per heavy atom. The number of rotatable bonds is 21. The first-order valence-corrected chi connectivity index (χ1v) is 21.3. The SMILES string of the molecule is COc1nc(O[C@H]2CCc3c(-c4cccc5c4CC[C@@H]5Oc4ccc(CNC[C@@H](O)CC(=O)O)c(OCc5cncc(C#N)c5)n4)cccc32)c(Br)cc1CNC[C@@H](O)CC(=O)O. The zero-order valence-corrected chi connectivity index (χ0v) is 36.0. The lowest BCUT2D eigenvalue weighted by atomic mass is 9.91. The summed E-state index contributed by atoms with van der Waals surface area (Å²) in [6, 6.07) is 21.8. The van der Waals surface area contributed by atoms with Gasteiger partial charge in [-0.05, 0) is 93.2 Å². The maximum absolute atomic E-state index is 11.0. The molecule has 2 aromatic carbocycles. The summed E-state index contributed by atoms with van der Waals surface area (Å²) in [5.74, 6) is -0.767. The zero-order valence-electron chi connectivity index (χ0n) is 34.4. The number of nitriles is 1. The van der Waals surface area contributed by atoms with Crippen LogP contribution >= 0.6 is 15.9 Å². The van der Waals surface area contributed by atoms with Gasteiger partial charge in [-0.3, -0.25) is 14.6 Å². The summed E-state index contributed by atoms with van der Waals surface area (Å²) in [4.78, 5) is 35.4. The molecule has 7 rings (SSSR count). The van der Waals surface area contributed by atoms with Crippen molar-refractivity contribution >= 4 is 27.9 Å². The second kappa shape index (κ2) is 20.8. The summed E-state index contributed by atoms with van der Waals surface area (Å²) in [6.07, 6.45) is 2.82. The predicted molar refractivity (Wildman–Crippen MR) is 231 cm³/mol. The number of carbonyl (C=O) groups is 2. The first-order chi connectivity index (χ1) is 30.5. The third kappa shape index (κ3) is 11.3. The molecule has 3 heterocycles. The summed E-state index contributed by atoms with van der Waals surface area (Å²) in [6.45, 7) is 0.791. The summed E-state index contributed by atoms with van der Waals surface area (Å²) in [5.41, 5.74) is 9.32. The molecule has 16 nitrogen and oxygen atoms in total. The van der Waals surface area contributed by atoms with Crippen molar-refractivity contribution in [2.75, 3.05) is 20.2 Å². The minimum atomic E-state index is -1.09. The highest BCUT2D eigenvalue weighted by atomic mass is 79.9. The van der Waals surface area contributed by atoms with E-state index in [2.05, 4.69) is 72.9 Å². The topological polar surface area (TPSA) is 238 Å². The molecule has 0 unspecified atom stereocenters. The highest BCUT2D eigenvalue weighted by Crippen LogP contribution is 2.45. The monoisotopic (exact) mass is 922 g/mol. The lowest BCUT2D eigenvalue weighted by Crippen LogP contribution is -2.28. The van der Waals surface area contributed by atoms with Crippen LogP contribution in [0.2, 0.25) is 0 Å². The number of carboxylic acids is 2. The second-order valence-electron chi connectivity index (χ2n) is 15.3. The standard InChI is InChI=1S/C46H47BrN6O10/c1-60-44-29(22-51-24-31(55)17-43(58)59)15-38(47)46(53-44)63-40-12-10-35-33(5-3-7-37(35)40)32-4-2-6-36-34(32)9-11-39(36)62-41-13-8-28(21-50-23-30(54)16-42(56)57)45(52-41)61-25-27-14-26(18-48)19-49-20-27/h2-8,13-15,19-20,30-31,39-40,50-51,54-55H,9-12,16-17,21-25H2,1H3,(H,56,57)(H,58,59)/t30-,31-,39-,40-/m0/s1. The molecule has 4 atom stereocenters. The molecule has 0 bridgehead atoms. The number of hydrogen-bond donors (Lipinski definition) is 6. The Hall–Kier alpha value is -6.16. The van der Waals surface area contributed by atoms with Gasteiger partial charge in [-0.15, -0.1) is 0 Å². The average molecular weight is 924 g/mol. The van der Waals surface area contributed by atoms with E-state index in [0.717, 1.165) is 47.9 Å². The Balaban J connectivity index is 1.06. The molecule has 3 aromatic heterocycles. The van der Waals surface area contributed by atoms with Crippen LogP contribution in [0.1, 0.15) is 82.4 Å². The first kappa shape index (κ1) is 44.9. The van der Waals surface area contributed by atoms with E-state index < -0.39 is 24.1 Å². The second-order valence-corrected chi connectivity index (χ2v) is 16.2. The van der Waals surface area contributed by atoms with Crippen molar-refractivity contribution in [2.24, 2.45) is 0 Å². The number of fused-ring (bicyclic) bond motifs is 2. The molecule has 328 valence electrons. The fourth-order valence-corrected chi connectivity index (χ4v) is 8.45. The van der Waals surface area contributed by atoms with Gasteiger partial charge in [0.15, 0.2) is 0 Å². The fourth-order valence-electron chi connectivity index (χ4n) is 7.99. The van der Waals surface area contributed by atoms with Crippen molar-refractivity contribution in [2.45, 2.75) is 82.6 Å². The van der Waals surface area contributed by atoms with E-state index in [4.69, 9.17) is 34.1 Å². The number of carboxylic acid groups (broad SMARTS) is 2. The Morgan fingerprint density at radius 3 is 2.03 bits per heavy atom. The highest BCUT2D eigenvalue weighted by Gasteiger charge is 2.32. The van der Waals surface area contributed by atoms with Crippen molar-refractivity contribution in [3.05, 3.63) is 122 Å². The maximum atomic E-state index is 11.0. The van der Waals surface area contributed by atoms with Crippen LogP contribution in [0.5, 0.6) is 23.5 Å². The van der Waals surface area contributed by atoms with Crippen LogP contribution in [0.3, 0.4) is 0 Å². The lowest BCUT2D eigenvalue weighted by molar-refractivity contribution is -0.140. The Bertz CT molecular complexity index is 2500. The molecule has 0 saturated heterocycles. The van der Waals surface area contributed by atoms with Crippen molar-refractivity contribution in [3.8, 4) is 40.7 Å². The van der Waals surface area contributed by atoms with Crippen molar-refractivity contribution in [1.29, 1.82) is 5.26 Å². The number of aliphatic hydroxyl groups is 2. The molecular formula is C46H47BrN6O10. The van der Waals surface area contributed by atoms with Crippen LogP contribution in [-0.4, -0.2) is 79.7 Å². The van der Waals surface area contributed by atoms with Crippen molar-refractivity contribution in [1.82, 2.24) is 25.6 Å². The van der Waals surface area contributed by atoms with Gasteiger partial charge < -0.3 is 50.0 Å². The summed E-state index contributed by atoms with van der Waals surface area (Å²) >= 11 is 3.62. The van der Waals surface area contributed by atoms with Gasteiger partial charge in [0, 0.05) is 61.3 Å². The summed E-state index contributed by atoms with van der Waals surface area (Å²) < 4.78 is 25.5. The van der Waals surface area contributed by atoms with Gasteiger partial charge in [0.2, 0.25) is 23.5 Å². The molecular weight excluding hydrogens is 876 g/mol. The Labute approximate surface area is 372 Å². The number of hydrogen-bond acceptors (Lipinski definition) is 14. The van der Waals surface area contributed by atoms with Crippen LogP contribution in [0.15, 0.2) is 77.5 Å². The normalized spacial score (nSPS) is 16.0. The van der Waals surface area contributed by atoms with Gasteiger partial charge in [-0.2, -0.15) is 15.2 Å². The largest absolute Gasteiger partial charge is 0.481 e. The molecule has 2 aliphatic carbocycles. The minimum absolute atomic E-state index is 0.0577. The van der Waals surface area contributed by atoms with Gasteiger partial charge in [0.1, 0.15) is 24.9 Å². The van der Waals surface area contributed by atoms with E-state index in [1.165, 1.54) is 24.4 Å². The van der Waals surface area contributed by atoms with Crippen LogP contribution in [0.25, 0.3) is 11.1 Å². The van der Waals surface area contributed by atoms with E-state index in [-0.39, 0.29) is 57.2 Å². The summed E-state index contributed by atoms with van der Waals surface area (Å²) in [7, 11) is 1.52. The average Bonchev–Trinajstić information content (AvgIpc) is 3.87. The van der Waals surface area contributed by atoms with Gasteiger partial charge in [-0.1, -0.05) is 36.4 Å². The fraction of sp³-hybridized carbons (Fsp3) is 0.348. The number of benzene rings is 2. The number of nitrogens with one attached hydrogen (secondary N) is 2. The minimum Gasteiger partial charge on any atom is -0.481 e. The molecule has 17 heteroatoms. The third-order valence-corrected chi connectivity index (χ3v) is 11.4. The number of nitrogens with zero attached hydrogens (tertiary/aromatic N) is 4. The highest BCUT2D eigenvalue weighted by molar-refractivity contribution is 9.10. The number of aliphatic carboxylic acids is 2. The quantitative estimate of drug-likeness (QED) is 0.0514. The molecule has 2 aliphatic rings. The molecule has 6 N–H and O–H groups in total. The van der Waals surface area contributed by atoms with Crippen LogP contribution in [-0.2, 0) is 42.1 Å². The van der Waals surface area contributed by atoms with Gasteiger partial charge in [0.25, 0.3) is 0 Å². The predicted octanol–water partition coefficient (Wildman–Crippen LogP) is 5.74. The van der Waals surface area contributed by atoms with Crippen molar-refractivity contribution in [3.63, 3.8) is 0 Å². The lowest BCUT2D eigenvalue weighted by Gasteiger charge is -2.19. The maximum Gasteiger partial charge on any atom is 0.306 e. The molecule has 0 amide bonds.